The van der Waals surface area contributed by atoms with Crippen molar-refractivity contribution >= 4 is 17.5 Å². The van der Waals surface area contributed by atoms with E-state index < -0.39 is 12.1 Å². The predicted molar refractivity (Wildman–Crippen MR) is 105 cm³/mol. The molecule has 1 aliphatic rings. The largest absolute Gasteiger partial charge is 0.481 e. The molecule has 4 unspecified atom stereocenters. The van der Waals surface area contributed by atoms with Crippen LogP contribution in [0.2, 0.25) is 0 Å². The minimum absolute atomic E-state index is 0.0198. The van der Waals surface area contributed by atoms with E-state index in [9.17, 15) is 19.5 Å². The molecular weight excluding hydrogens is 344 g/mol. The summed E-state index contributed by atoms with van der Waals surface area (Å²) in [7, 11) is 0. The summed E-state index contributed by atoms with van der Waals surface area (Å²) in [5, 5.41) is 18.7. The van der Waals surface area contributed by atoms with Crippen LogP contribution in [-0.4, -0.2) is 33.9 Å². The van der Waals surface area contributed by atoms with Crippen LogP contribution >= 0.6 is 0 Å². The summed E-state index contributed by atoms with van der Waals surface area (Å²) in [4.78, 5) is 34.9. The molecule has 5 nitrogen and oxygen atoms in total. The van der Waals surface area contributed by atoms with Crippen molar-refractivity contribution in [3.05, 3.63) is 24.3 Å². The number of carbonyl (C=O) groups excluding carboxylic acids is 2. The first-order valence-electron chi connectivity index (χ1n) is 10.1. The lowest BCUT2D eigenvalue weighted by Gasteiger charge is -2.18. The molecule has 0 spiro atoms. The van der Waals surface area contributed by atoms with Crippen LogP contribution in [-0.2, 0) is 14.4 Å². The lowest BCUT2D eigenvalue weighted by Crippen LogP contribution is -2.20. The SMILES string of the molecule is CCCCCC(O)C=CC1C(C(C)=O)CC(=O)C1CC=CCCCC(=O)O. The van der Waals surface area contributed by atoms with Gasteiger partial charge in [0, 0.05) is 24.7 Å². The fraction of sp³-hybridized carbons (Fsp3) is 0.682. The molecule has 1 fully saturated rings. The molecule has 0 radical (unpaired) electrons. The van der Waals surface area contributed by atoms with Crippen LogP contribution in [0.1, 0.15) is 71.6 Å². The van der Waals surface area contributed by atoms with Gasteiger partial charge in [0.25, 0.3) is 0 Å². The predicted octanol–water partition coefficient (Wildman–Crippen LogP) is 4.10. The number of aliphatic carboxylic acids is 1. The van der Waals surface area contributed by atoms with E-state index in [2.05, 4.69) is 6.92 Å². The summed E-state index contributed by atoms with van der Waals surface area (Å²) >= 11 is 0. The molecule has 27 heavy (non-hydrogen) atoms. The topological polar surface area (TPSA) is 91.7 Å². The Labute approximate surface area is 162 Å². The van der Waals surface area contributed by atoms with Crippen molar-refractivity contribution in [3.8, 4) is 0 Å². The molecule has 0 heterocycles. The fourth-order valence-corrected chi connectivity index (χ4v) is 3.66. The Morgan fingerprint density at radius 2 is 1.96 bits per heavy atom. The molecule has 1 aliphatic carbocycles. The van der Waals surface area contributed by atoms with E-state index in [-0.39, 0.29) is 42.2 Å². The highest BCUT2D eigenvalue weighted by atomic mass is 16.4. The van der Waals surface area contributed by atoms with Crippen LogP contribution in [0.5, 0.6) is 0 Å². The summed E-state index contributed by atoms with van der Waals surface area (Å²) in [6.45, 7) is 3.64. The zero-order chi connectivity index (χ0) is 20.2. The van der Waals surface area contributed by atoms with Crippen LogP contribution < -0.4 is 0 Å². The number of aliphatic hydroxyl groups excluding tert-OH is 1. The number of unbranched alkanes of at least 4 members (excludes halogenated alkanes) is 3. The lowest BCUT2D eigenvalue weighted by molar-refractivity contribution is -0.137. The third-order valence-electron chi connectivity index (χ3n) is 5.26. The molecule has 0 aromatic carbocycles. The Balaban J connectivity index is 2.66. The molecule has 0 aromatic heterocycles. The second-order valence-electron chi connectivity index (χ2n) is 7.51. The molecule has 0 saturated heterocycles. The van der Waals surface area contributed by atoms with Crippen LogP contribution in [0.15, 0.2) is 24.3 Å². The number of Topliss-reactive ketones (excluding diaryl/α,β-unsaturated/α-hetero) is 2. The number of allylic oxidation sites excluding steroid dienone is 3. The van der Waals surface area contributed by atoms with Gasteiger partial charge < -0.3 is 10.2 Å². The molecular formula is C22H34O5. The van der Waals surface area contributed by atoms with Gasteiger partial charge in [-0.25, -0.2) is 0 Å². The third kappa shape index (κ3) is 8.65. The maximum absolute atomic E-state index is 12.4. The van der Waals surface area contributed by atoms with Gasteiger partial charge in [-0.3, -0.25) is 14.4 Å². The first-order chi connectivity index (χ1) is 12.9. The summed E-state index contributed by atoms with van der Waals surface area (Å²) < 4.78 is 0. The average molecular weight is 379 g/mol. The van der Waals surface area contributed by atoms with Gasteiger partial charge in [-0.1, -0.05) is 50.5 Å². The van der Waals surface area contributed by atoms with Crippen LogP contribution in [0, 0.1) is 17.8 Å². The van der Waals surface area contributed by atoms with Crippen molar-refractivity contribution < 1.29 is 24.6 Å². The minimum atomic E-state index is -0.804. The van der Waals surface area contributed by atoms with E-state index in [1.54, 1.807) is 6.08 Å². The van der Waals surface area contributed by atoms with Crippen molar-refractivity contribution in [2.75, 3.05) is 0 Å². The van der Waals surface area contributed by atoms with Gasteiger partial charge in [-0.05, 0) is 38.5 Å². The van der Waals surface area contributed by atoms with E-state index >= 15 is 0 Å². The quantitative estimate of drug-likeness (QED) is 0.372. The van der Waals surface area contributed by atoms with Gasteiger partial charge in [-0.2, -0.15) is 0 Å². The number of ketones is 2. The van der Waals surface area contributed by atoms with E-state index in [0.29, 0.717) is 25.7 Å². The number of carbonyl (C=O) groups is 3. The number of hydrogen-bond acceptors (Lipinski definition) is 4. The first-order valence-corrected chi connectivity index (χ1v) is 10.1. The van der Waals surface area contributed by atoms with Crippen LogP contribution in [0.3, 0.4) is 0 Å². The maximum atomic E-state index is 12.4. The van der Waals surface area contributed by atoms with Gasteiger partial charge in [-0.15, -0.1) is 0 Å². The van der Waals surface area contributed by atoms with Crippen molar-refractivity contribution in [2.24, 2.45) is 17.8 Å². The fourth-order valence-electron chi connectivity index (χ4n) is 3.66. The number of rotatable bonds is 13. The zero-order valence-corrected chi connectivity index (χ0v) is 16.6. The molecule has 0 bridgehead atoms. The number of carboxylic acids is 1. The van der Waals surface area contributed by atoms with Crippen LogP contribution in [0.4, 0.5) is 0 Å². The monoisotopic (exact) mass is 378 g/mol. The average Bonchev–Trinajstić information content (AvgIpc) is 2.92. The van der Waals surface area contributed by atoms with Gasteiger partial charge in [0.05, 0.1) is 6.10 Å². The van der Waals surface area contributed by atoms with E-state index in [0.717, 1.165) is 19.3 Å². The van der Waals surface area contributed by atoms with Crippen LogP contribution in [0.25, 0.3) is 0 Å². The number of carboxylic acid groups (broad SMARTS) is 1. The van der Waals surface area contributed by atoms with E-state index in [1.807, 2.05) is 18.2 Å². The van der Waals surface area contributed by atoms with Gasteiger partial charge in [0.1, 0.15) is 11.6 Å². The highest BCUT2D eigenvalue weighted by molar-refractivity contribution is 5.92. The van der Waals surface area contributed by atoms with Gasteiger partial charge >= 0.3 is 5.97 Å². The molecule has 1 saturated carbocycles. The van der Waals surface area contributed by atoms with Gasteiger partial charge in [0.2, 0.25) is 0 Å². The summed E-state index contributed by atoms with van der Waals surface area (Å²) in [5.41, 5.74) is 0. The summed E-state index contributed by atoms with van der Waals surface area (Å²) in [6.07, 6.45) is 13.0. The van der Waals surface area contributed by atoms with Crippen molar-refractivity contribution in [1.29, 1.82) is 0 Å². The molecule has 0 amide bonds. The van der Waals surface area contributed by atoms with Crippen molar-refractivity contribution in [2.45, 2.75) is 77.7 Å². The second-order valence-corrected chi connectivity index (χ2v) is 7.51. The molecule has 0 aromatic rings. The zero-order valence-electron chi connectivity index (χ0n) is 16.6. The molecule has 0 aliphatic heterocycles. The Morgan fingerprint density at radius 3 is 2.59 bits per heavy atom. The number of hydrogen-bond donors (Lipinski definition) is 2. The first kappa shape index (κ1) is 23.3. The Kier molecular flexibility index (Phi) is 10.9. The summed E-state index contributed by atoms with van der Waals surface area (Å²) in [5.74, 6) is -1.40. The summed E-state index contributed by atoms with van der Waals surface area (Å²) in [6, 6.07) is 0. The molecule has 5 heteroatoms. The van der Waals surface area contributed by atoms with E-state index in [4.69, 9.17) is 5.11 Å². The standard InChI is InChI=1S/C22H34O5/c1-3-4-7-10-17(24)13-14-18-19(21(25)15-20(18)16(2)23)11-8-5-6-9-12-22(26)27/h5,8,13-14,17-20,24H,3-4,6-7,9-12,15H2,1-2H3,(H,26,27). The normalized spacial score (nSPS) is 24.1. The second kappa shape index (κ2) is 12.6. The Bertz CT molecular complexity index is 549. The molecule has 152 valence electrons. The van der Waals surface area contributed by atoms with Crippen molar-refractivity contribution in [1.82, 2.24) is 0 Å². The van der Waals surface area contributed by atoms with Crippen molar-refractivity contribution in [3.63, 3.8) is 0 Å². The minimum Gasteiger partial charge on any atom is -0.481 e. The number of aliphatic hydroxyl groups is 1. The third-order valence-corrected chi connectivity index (χ3v) is 5.26. The molecule has 4 atom stereocenters. The van der Waals surface area contributed by atoms with Gasteiger partial charge in [0.15, 0.2) is 0 Å². The maximum Gasteiger partial charge on any atom is 0.303 e. The Morgan fingerprint density at radius 1 is 1.22 bits per heavy atom. The molecule has 1 rings (SSSR count). The molecule has 2 N–H and O–H groups in total. The van der Waals surface area contributed by atoms with E-state index in [1.165, 1.54) is 6.92 Å². The highest BCUT2D eigenvalue weighted by Gasteiger charge is 2.42. The lowest BCUT2D eigenvalue weighted by atomic mass is 9.84. The smallest absolute Gasteiger partial charge is 0.303 e. The highest BCUT2D eigenvalue weighted by Crippen LogP contribution is 2.38. The Hall–Kier alpha value is -1.75.